The zero-order chi connectivity index (χ0) is 21.0. The van der Waals surface area contributed by atoms with Crippen LogP contribution in [0.1, 0.15) is 34.0 Å². The first-order valence-corrected chi connectivity index (χ1v) is 10.7. The Kier molecular flexibility index (Phi) is 4.48. The number of benzene rings is 3. The van der Waals surface area contributed by atoms with Crippen LogP contribution < -0.4 is 0 Å². The van der Waals surface area contributed by atoms with E-state index in [-0.39, 0.29) is 5.92 Å². The Bertz CT molecular complexity index is 1320. The van der Waals surface area contributed by atoms with E-state index in [4.69, 9.17) is 11.6 Å². The predicted octanol–water partition coefficient (Wildman–Crippen LogP) is 7.12. The molecule has 0 aliphatic carbocycles. The molecule has 0 aliphatic rings. The Morgan fingerprint density at radius 3 is 1.67 bits per heavy atom. The highest BCUT2D eigenvalue weighted by molar-refractivity contribution is 6.30. The molecule has 2 nitrogen and oxygen atoms in total. The van der Waals surface area contributed by atoms with Crippen molar-refractivity contribution < 1.29 is 0 Å². The lowest BCUT2D eigenvalue weighted by Gasteiger charge is -2.21. The fourth-order valence-electron chi connectivity index (χ4n) is 4.99. The number of hydrogen-bond acceptors (Lipinski definition) is 0. The third-order valence-electron chi connectivity index (χ3n) is 6.66. The van der Waals surface area contributed by atoms with Gasteiger partial charge in [0.15, 0.2) is 0 Å². The van der Waals surface area contributed by atoms with Gasteiger partial charge in [0.2, 0.25) is 0 Å². The van der Waals surface area contributed by atoms with Crippen LogP contribution >= 0.6 is 11.6 Å². The molecule has 2 aromatic heterocycles. The molecule has 5 rings (SSSR count). The molecule has 3 heteroatoms. The van der Waals surface area contributed by atoms with Crippen molar-refractivity contribution in [3.05, 3.63) is 106 Å². The molecule has 2 heterocycles. The fourth-order valence-corrected chi connectivity index (χ4v) is 5.19. The van der Waals surface area contributed by atoms with E-state index in [1.54, 1.807) is 0 Å². The molecule has 0 spiro atoms. The van der Waals surface area contributed by atoms with Crippen molar-refractivity contribution >= 4 is 33.4 Å². The molecule has 0 saturated carbocycles. The maximum atomic E-state index is 6.48. The average Bonchev–Trinajstić information content (AvgIpc) is 3.16. The summed E-state index contributed by atoms with van der Waals surface area (Å²) in [7, 11) is 4.32. The number of para-hydroxylation sites is 2. The van der Waals surface area contributed by atoms with Gasteiger partial charge in [0.1, 0.15) is 0 Å². The molecule has 5 aromatic rings. The summed E-state index contributed by atoms with van der Waals surface area (Å²) in [5, 5.41) is 3.37. The van der Waals surface area contributed by atoms with Gasteiger partial charge < -0.3 is 9.13 Å². The van der Waals surface area contributed by atoms with Crippen LogP contribution in [0.2, 0.25) is 5.02 Å². The van der Waals surface area contributed by atoms with Gasteiger partial charge in [0.25, 0.3) is 0 Å². The molecule has 0 bridgehead atoms. The van der Waals surface area contributed by atoms with E-state index < -0.39 is 0 Å². The van der Waals surface area contributed by atoms with Gasteiger partial charge in [-0.2, -0.15) is 0 Å². The lowest BCUT2D eigenvalue weighted by atomic mass is 9.82. The summed E-state index contributed by atoms with van der Waals surface area (Å²) in [6.07, 6.45) is 0. The topological polar surface area (TPSA) is 9.86 Å². The van der Waals surface area contributed by atoms with Crippen LogP contribution in [0.5, 0.6) is 0 Å². The lowest BCUT2D eigenvalue weighted by Crippen LogP contribution is -2.07. The summed E-state index contributed by atoms with van der Waals surface area (Å²) < 4.78 is 4.62. The van der Waals surface area contributed by atoms with Crippen molar-refractivity contribution in [1.29, 1.82) is 0 Å². The van der Waals surface area contributed by atoms with Crippen molar-refractivity contribution in [3.8, 4) is 0 Å². The molecule has 0 amide bonds. The Labute approximate surface area is 182 Å². The maximum absolute atomic E-state index is 6.48. The van der Waals surface area contributed by atoms with Crippen molar-refractivity contribution in [2.24, 2.45) is 14.1 Å². The number of halogens is 1. The molecule has 0 unspecified atom stereocenters. The fraction of sp³-hybridized carbons (Fsp3) is 0.185. The first kappa shape index (κ1) is 19.0. The van der Waals surface area contributed by atoms with E-state index in [2.05, 4.69) is 104 Å². The van der Waals surface area contributed by atoms with Gasteiger partial charge in [0, 0.05) is 58.2 Å². The first-order chi connectivity index (χ1) is 14.5. The second-order valence-electron chi connectivity index (χ2n) is 8.14. The van der Waals surface area contributed by atoms with E-state index in [1.165, 1.54) is 49.9 Å². The number of fused-ring (bicyclic) bond motifs is 2. The van der Waals surface area contributed by atoms with Crippen LogP contribution in [-0.2, 0) is 14.1 Å². The molecule has 0 N–H and O–H groups in total. The standard InChI is InChI=1S/C27H25ClN2/c1-17-25(21-12-5-7-14-23(21)29(17)3)27(19-10-9-11-20(28)16-19)26-18(2)30(4)24-15-8-6-13-22(24)26/h5-16,27H,1-4H3. The van der Waals surface area contributed by atoms with Crippen molar-refractivity contribution in [2.75, 3.05) is 0 Å². The van der Waals surface area contributed by atoms with Gasteiger partial charge in [-0.05, 0) is 54.8 Å². The Balaban J connectivity index is 1.93. The van der Waals surface area contributed by atoms with Gasteiger partial charge in [-0.25, -0.2) is 0 Å². The molecular formula is C27H25ClN2. The number of rotatable bonds is 3. The number of nitrogens with zero attached hydrogens (tertiary/aromatic N) is 2. The number of hydrogen-bond donors (Lipinski definition) is 0. The van der Waals surface area contributed by atoms with Gasteiger partial charge in [-0.3, -0.25) is 0 Å². The van der Waals surface area contributed by atoms with Crippen molar-refractivity contribution in [1.82, 2.24) is 9.13 Å². The quantitative estimate of drug-likeness (QED) is 0.298. The summed E-state index contributed by atoms with van der Waals surface area (Å²) in [6, 6.07) is 25.7. The summed E-state index contributed by atoms with van der Waals surface area (Å²) >= 11 is 6.48. The zero-order valence-electron chi connectivity index (χ0n) is 17.8. The van der Waals surface area contributed by atoms with Gasteiger partial charge >= 0.3 is 0 Å². The third kappa shape index (κ3) is 2.71. The van der Waals surface area contributed by atoms with E-state index in [0.29, 0.717) is 0 Å². The second kappa shape index (κ2) is 7.07. The Morgan fingerprint density at radius 1 is 0.667 bits per heavy atom. The van der Waals surface area contributed by atoms with E-state index in [0.717, 1.165) is 5.02 Å². The van der Waals surface area contributed by atoms with Crippen LogP contribution in [-0.4, -0.2) is 9.13 Å². The molecule has 0 saturated heterocycles. The Morgan fingerprint density at radius 2 is 1.17 bits per heavy atom. The summed E-state index contributed by atoms with van der Waals surface area (Å²) in [6.45, 7) is 4.46. The summed E-state index contributed by atoms with van der Waals surface area (Å²) in [4.78, 5) is 0. The molecule has 30 heavy (non-hydrogen) atoms. The van der Waals surface area contributed by atoms with Gasteiger partial charge in [-0.1, -0.05) is 60.1 Å². The smallest absolute Gasteiger partial charge is 0.0483 e. The van der Waals surface area contributed by atoms with Crippen LogP contribution in [0.4, 0.5) is 0 Å². The van der Waals surface area contributed by atoms with E-state index in [1.807, 2.05) is 6.07 Å². The van der Waals surface area contributed by atoms with Crippen molar-refractivity contribution in [2.45, 2.75) is 19.8 Å². The molecule has 150 valence electrons. The lowest BCUT2D eigenvalue weighted by molar-refractivity contribution is 0.857. The monoisotopic (exact) mass is 412 g/mol. The molecular weight excluding hydrogens is 388 g/mol. The highest BCUT2D eigenvalue weighted by Gasteiger charge is 2.28. The minimum absolute atomic E-state index is 0.0981. The summed E-state index contributed by atoms with van der Waals surface area (Å²) in [5.41, 5.74) is 9.03. The highest BCUT2D eigenvalue weighted by atomic mass is 35.5. The van der Waals surface area contributed by atoms with E-state index in [9.17, 15) is 0 Å². The highest BCUT2D eigenvalue weighted by Crippen LogP contribution is 2.44. The van der Waals surface area contributed by atoms with Gasteiger partial charge in [-0.15, -0.1) is 0 Å². The summed E-state index contributed by atoms with van der Waals surface area (Å²) in [5.74, 6) is 0.0981. The third-order valence-corrected chi connectivity index (χ3v) is 6.89. The zero-order valence-corrected chi connectivity index (χ0v) is 18.5. The SMILES string of the molecule is Cc1c(C(c2cccc(Cl)c2)c2c(C)n(C)c3ccccc23)c2ccccc2n1C. The molecule has 3 aromatic carbocycles. The molecule has 0 atom stereocenters. The van der Waals surface area contributed by atoms with Gasteiger partial charge in [0.05, 0.1) is 0 Å². The average molecular weight is 413 g/mol. The predicted molar refractivity (Wildman–Crippen MR) is 128 cm³/mol. The van der Waals surface area contributed by atoms with E-state index >= 15 is 0 Å². The second-order valence-corrected chi connectivity index (χ2v) is 8.57. The molecule has 0 aliphatic heterocycles. The number of aromatic nitrogens is 2. The largest absolute Gasteiger partial charge is 0.348 e. The minimum atomic E-state index is 0.0981. The van der Waals surface area contributed by atoms with Crippen LogP contribution in [0.25, 0.3) is 21.8 Å². The Hall–Kier alpha value is -2.97. The number of aryl methyl sites for hydroxylation is 2. The van der Waals surface area contributed by atoms with Crippen LogP contribution in [0.3, 0.4) is 0 Å². The first-order valence-electron chi connectivity index (χ1n) is 10.3. The normalized spacial score (nSPS) is 11.8. The maximum Gasteiger partial charge on any atom is 0.0483 e. The molecule has 0 radical (unpaired) electrons. The van der Waals surface area contributed by atoms with Crippen LogP contribution in [0, 0.1) is 13.8 Å². The molecule has 0 fully saturated rings. The van der Waals surface area contributed by atoms with Crippen LogP contribution in [0.15, 0.2) is 72.8 Å². The van der Waals surface area contributed by atoms with Crippen molar-refractivity contribution in [3.63, 3.8) is 0 Å². The minimum Gasteiger partial charge on any atom is -0.348 e.